The minimum absolute atomic E-state index is 0.103. The molecule has 1 aliphatic heterocycles. The van der Waals surface area contributed by atoms with Gasteiger partial charge in [-0.2, -0.15) is 0 Å². The van der Waals surface area contributed by atoms with E-state index in [1.54, 1.807) is 32.0 Å². The molecule has 194 valence electrons. The molecule has 0 saturated carbocycles. The molecule has 1 N–H and O–H groups in total. The molecule has 6 nitrogen and oxygen atoms in total. The summed E-state index contributed by atoms with van der Waals surface area (Å²) in [6.45, 7) is 6.56. The van der Waals surface area contributed by atoms with Crippen LogP contribution in [0.5, 0.6) is 11.5 Å². The Labute approximate surface area is 217 Å². The van der Waals surface area contributed by atoms with Crippen molar-refractivity contribution in [3.8, 4) is 11.5 Å². The van der Waals surface area contributed by atoms with Gasteiger partial charge in [-0.05, 0) is 60.4 Å². The topological polar surface area (TPSA) is 70.1 Å². The first-order chi connectivity index (χ1) is 17.7. The molecule has 7 heteroatoms. The highest BCUT2D eigenvalue weighted by Gasteiger charge is 2.38. The van der Waals surface area contributed by atoms with E-state index in [1.807, 2.05) is 24.0 Å². The van der Waals surface area contributed by atoms with Gasteiger partial charge in [-0.15, -0.1) is 0 Å². The summed E-state index contributed by atoms with van der Waals surface area (Å²) in [6, 6.07) is 15.9. The number of carbonyl (C=O) groups excluding carboxylic acids is 2. The second-order valence-electron chi connectivity index (χ2n) is 9.48. The number of amides is 2. The molecule has 0 fully saturated rings. The summed E-state index contributed by atoms with van der Waals surface area (Å²) in [5.41, 5.74) is 4.23. The number of hydrogen-bond acceptors (Lipinski definition) is 4. The number of rotatable bonds is 7. The molecule has 2 atom stereocenters. The molecule has 0 spiro atoms. The van der Waals surface area contributed by atoms with E-state index in [0.29, 0.717) is 30.1 Å². The van der Waals surface area contributed by atoms with Gasteiger partial charge in [0, 0.05) is 36.8 Å². The van der Waals surface area contributed by atoms with Gasteiger partial charge >= 0.3 is 0 Å². The number of hydrogen-bond donors (Lipinski definition) is 1. The molecular weight excluding hydrogens is 471 g/mol. The fourth-order valence-corrected chi connectivity index (χ4v) is 5.15. The molecule has 3 aromatic carbocycles. The maximum absolute atomic E-state index is 14.3. The summed E-state index contributed by atoms with van der Waals surface area (Å²) in [7, 11) is 1.49. The van der Waals surface area contributed by atoms with E-state index in [-0.39, 0.29) is 24.0 Å². The summed E-state index contributed by atoms with van der Waals surface area (Å²) in [5.74, 6) is -1.31. The second kappa shape index (κ2) is 11.0. The Kier molecular flexibility index (Phi) is 7.81. The van der Waals surface area contributed by atoms with Gasteiger partial charge in [-0.3, -0.25) is 9.59 Å². The highest BCUT2D eigenvalue weighted by Crippen LogP contribution is 2.40. The van der Waals surface area contributed by atoms with Gasteiger partial charge in [-0.25, -0.2) is 4.39 Å². The number of aromatic hydroxyl groups is 1. The lowest BCUT2D eigenvalue weighted by molar-refractivity contribution is -0.137. The molecule has 2 amide bonds. The number of ether oxygens (including phenoxy) is 1. The van der Waals surface area contributed by atoms with Crippen LogP contribution in [0.1, 0.15) is 48.6 Å². The number of nitrogens with zero attached hydrogens (tertiary/aromatic N) is 2. The lowest BCUT2D eigenvalue weighted by Gasteiger charge is -2.39. The number of aryl methyl sites for hydroxylation is 1. The van der Waals surface area contributed by atoms with E-state index < -0.39 is 17.8 Å². The summed E-state index contributed by atoms with van der Waals surface area (Å²) in [5, 5.41) is 11.0. The van der Waals surface area contributed by atoms with Crippen molar-refractivity contribution in [1.29, 1.82) is 0 Å². The zero-order valence-electron chi connectivity index (χ0n) is 21.7. The number of anilines is 1. The van der Waals surface area contributed by atoms with Crippen molar-refractivity contribution in [3.05, 3.63) is 88.7 Å². The summed E-state index contributed by atoms with van der Waals surface area (Å²) in [4.78, 5) is 30.6. The van der Waals surface area contributed by atoms with Crippen molar-refractivity contribution < 1.29 is 23.8 Å². The molecule has 1 heterocycles. The van der Waals surface area contributed by atoms with Gasteiger partial charge in [0.25, 0.3) is 0 Å². The van der Waals surface area contributed by atoms with E-state index in [1.165, 1.54) is 41.8 Å². The van der Waals surface area contributed by atoms with Crippen molar-refractivity contribution >= 4 is 17.5 Å². The fraction of sp³-hybridized carbons (Fsp3) is 0.333. The van der Waals surface area contributed by atoms with Gasteiger partial charge in [-0.1, -0.05) is 38.1 Å². The second-order valence-corrected chi connectivity index (χ2v) is 9.48. The molecule has 0 aromatic heterocycles. The van der Waals surface area contributed by atoms with Crippen LogP contribution in [0.3, 0.4) is 0 Å². The molecular formula is C30H33FN2O4. The van der Waals surface area contributed by atoms with E-state index in [4.69, 9.17) is 4.74 Å². The average Bonchev–Trinajstić information content (AvgIpc) is 2.90. The molecule has 37 heavy (non-hydrogen) atoms. The van der Waals surface area contributed by atoms with Crippen LogP contribution < -0.4 is 9.64 Å². The number of methoxy groups -OCH3 is 1. The predicted molar refractivity (Wildman–Crippen MR) is 141 cm³/mol. The van der Waals surface area contributed by atoms with Crippen LogP contribution in [0, 0.1) is 18.7 Å². The van der Waals surface area contributed by atoms with Crippen LogP contribution in [0.15, 0.2) is 60.7 Å². The third kappa shape index (κ3) is 5.31. The van der Waals surface area contributed by atoms with E-state index in [9.17, 15) is 19.1 Å². The third-order valence-electron chi connectivity index (χ3n) is 7.17. The number of phenolic OH excluding ortho intramolecular Hbond substituents is 1. The van der Waals surface area contributed by atoms with Gasteiger partial charge < -0.3 is 19.6 Å². The Hall–Kier alpha value is -3.87. The molecule has 1 aliphatic rings. The van der Waals surface area contributed by atoms with Gasteiger partial charge in [0.05, 0.1) is 19.1 Å². The Bertz CT molecular complexity index is 1310. The number of phenols is 1. The predicted octanol–water partition coefficient (Wildman–Crippen LogP) is 5.55. The minimum Gasteiger partial charge on any atom is -0.507 e. The van der Waals surface area contributed by atoms with Gasteiger partial charge in [0.1, 0.15) is 17.3 Å². The van der Waals surface area contributed by atoms with Crippen molar-refractivity contribution in [3.63, 3.8) is 0 Å². The van der Waals surface area contributed by atoms with Gasteiger partial charge in [0.2, 0.25) is 11.8 Å². The molecule has 0 aliphatic carbocycles. The molecule has 0 radical (unpaired) electrons. The smallest absolute Gasteiger partial charge is 0.228 e. The lowest BCUT2D eigenvalue weighted by Crippen LogP contribution is -2.46. The van der Waals surface area contributed by atoms with Crippen molar-refractivity contribution in [2.24, 2.45) is 5.92 Å². The van der Waals surface area contributed by atoms with Crippen LogP contribution in [0.2, 0.25) is 0 Å². The van der Waals surface area contributed by atoms with Crippen LogP contribution in [-0.2, 0) is 22.6 Å². The van der Waals surface area contributed by atoms with E-state index in [2.05, 4.69) is 6.07 Å². The molecule has 0 bridgehead atoms. The summed E-state index contributed by atoms with van der Waals surface area (Å²) >= 11 is 0. The summed E-state index contributed by atoms with van der Waals surface area (Å²) in [6.07, 6.45) is 0.885. The monoisotopic (exact) mass is 504 g/mol. The van der Waals surface area contributed by atoms with Crippen LogP contribution >= 0.6 is 0 Å². The van der Waals surface area contributed by atoms with Gasteiger partial charge in [0.15, 0.2) is 0 Å². The average molecular weight is 505 g/mol. The molecule has 0 saturated heterocycles. The zero-order valence-corrected chi connectivity index (χ0v) is 21.7. The molecule has 4 rings (SSSR count). The largest absolute Gasteiger partial charge is 0.507 e. The molecule has 3 aromatic rings. The maximum Gasteiger partial charge on any atom is 0.228 e. The lowest BCUT2D eigenvalue weighted by atomic mass is 9.88. The Morgan fingerprint density at radius 3 is 2.57 bits per heavy atom. The first-order valence-corrected chi connectivity index (χ1v) is 12.6. The van der Waals surface area contributed by atoms with Crippen molar-refractivity contribution in [1.82, 2.24) is 4.90 Å². The highest BCUT2D eigenvalue weighted by molar-refractivity contribution is 5.95. The fourth-order valence-electron chi connectivity index (χ4n) is 5.15. The van der Waals surface area contributed by atoms with Crippen LogP contribution in [0.25, 0.3) is 0 Å². The first kappa shape index (κ1) is 26.2. The standard InChI is InChI=1S/C30H33FN2O4/c1-5-28(35)33(23-11-7-10-22(31)16-23)29(25-13-12-24(37-4)17-27(25)34)20(3)30(36)32-15-14-21-9-6-8-19(2)26(21)18-32/h6-13,16-17,20,29,34H,5,14-15,18H2,1-4H3/t20-,29-/m0/s1. The maximum atomic E-state index is 14.3. The quantitative estimate of drug-likeness (QED) is 0.458. The zero-order chi connectivity index (χ0) is 26.7. The number of benzene rings is 3. The van der Waals surface area contributed by atoms with Crippen LogP contribution in [0.4, 0.5) is 10.1 Å². The third-order valence-corrected chi connectivity index (χ3v) is 7.17. The van der Waals surface area contributed by atoms with Crippen molar-refractivity contribution in [2.75, 3.05) is 18.6 Å². The number of fused-ring (bicyclic) bond motifs is 1. The molecule has 0 unspecified atom stereocenters. The number of halogens is 1. The minimum atomic E-state index is -0.870. The van der Waals surface area contributed by atoms with Crippen molar-refractivity contribution in [2.45, 2.75) is 46.2 Å². The Balaban J connectivity index is 1.79. The SMILES string of the molecule is CCC(=O)N(c1cccc(F)c1)[C@H](c1ccc(OC)cc1O)[C@H](C)C(=O)N1CCc2cccc(C)c2C1. The highest BCUT2D eigenvalue weighted by atomic mass is 19.1. The summed E-state index contributed by atoms with van der Waals surface area (Å²) < 4.78 is 19.5. The van der Waals surface area contributed by atoms with E-state index >= 15 is 0 Å². The Morgan fingerprint density at radius 1 is 1.14 bits per heavy atom. The number of carbonyl (C=O) groups is 2. The van der Waals surface area contributed by atoms with E-state index in [0.717, 1.165) is 17.5 Å². The first-order valence-electron chi connectivity index (χ1n) is 12.6. The Morgan fingerprint density at radius 2 is 1.89 bits per heavy atom. The van der Waals surface area contributed by atoms with Crippen LogP contribution in [-0.4, -0.2) is 35.5 Å². The normalized spacial score (nSPS) is 14.5.